The summed E-state index contributed by atoms with van der Waals surface area (Å²) in [7, 11) is 3.22. The summed E-state index contributed by atoms with van der Waals surface area (Å²) in [5.41, 5.74) is 2.59. The lowest BCUT2D eigenvalue weighted by Crippen LogP contribution is -2.44. The molecule has 1 heterocycles. The monoisotopic (exact) mass is 514 g/mol. The summed E-state index contributed by atoms with van der Waals surface area (Å²) < 4.78 is 19.1. The van der Waals surface area contributed by atoms with Crippen LogP contribution in [-0.4, -0.2) is 35.7 Å². The van der Waals surface area contributed by atoms with E-state index in [-0.39, 0.29) is 5.91 Å². The van der Waals surface area contributed by atoms with Gasteiger partial charge in [0.1, 0.15) is 23.0 Å². The predicted octanol–water partition coefficient (Wildman–Crippen LogP) is 5.42. The minimum absolute atomic E-state index is 0.0812. The number of amides is 1. The van der Waals surface area contributed by atoms with Crippen LogP contribution in [0.1, 0.15) is 25.1 Å². The van der Waals surface area contributed by atoms with Crippen LogP contribution < -0.4 is 24.4 Å². The van der Waals surface area contributed by atoms with Crippen molar-refractivity contribution in [3.8, 4) is 23.0 Å². The Balaban J connectivity index is 1.62. The van der Waals surface area contributed by atoms with Crippen molar-refractivity contribution in [1.29, 1.82) is 0 Å². The maximum absolute atomic E-state index is 13.9. The number of imidazole rings is 1. The summed E-state index contributed by atoms with van der Waals surface area (Å²) in [6, 6.07) is 22.2. The fourth-order valence-corrected chi connectivity index (χ4v) is 4.15. The van der Waals surface area contributed by atoms with E-state index < -0.39 is 6.04 Å². The number of hydrogen-bond donors (Lipinski definition) is 1. The van der Waals surface area contributed by atoms with Gasteiger partial charge in [0.15, 0.2) is 0 Å². The van der Waals surface area contributed by atoms with E-state index in [1.54, 1.807) is 25.4 Å². The van der Waals surface area contributed by atoms with E-state index in [1.165, 1.54) is 0 Å². The Morgan fingerprint density at radius 1 is 0.974 bits per heavy atom. The number of carbonyl (C=O) groups excluding carboxylic acids is 1. The van der Waals surface area contributed by atoms with Crippen molar-refractivity contribution < 1.29 is 19.0 Å². The SMILES string of the molecule is CCn1cncc1CNC(C)C(=O)N(Cc1ccc(OC)cc1OC)c1cccc(Oc2ccccc2)c1. The van der Waals surface area contributed by atoms with Crippen LogP contribution in [0.25, 0.3) is 0 Å². The first-order valence-corrected chi connectivity index (χ1v) is 12.6. The number of nitrogens with one attached hydrogen (secondary N) is 1. The fraction of sp³-hybridized carbons (Fsp3) is 0.267. The molecule has 8 heteroatoms. The van der Waals surface area contributed by atoms with Crippen molar-refractivity contribution in [3.63, 3.8) is 0 Å². The number of para-hydroxylation sites is 1. The van der Waals surface area contributed by atoms with Gasteiger partial charge < -0.3 is 29.0 Å². The first kappa shape index (κ1) is 26.8. The van der Waals surface area contributed by atoms with E-state index in [2.05, 4.69) is 21.8 Å². The summed E-state index contributed by atoms with van der Waals surface area (Å²) in [5.74, 6) is 2.61. The molecule has 0 aliphatic heterocycles. The molecule has 0 saturated carbocycles. The number of anilines is 1. The van der Waals surface area contributed by atoms with Crippen LogP contribution in [0.5, 0.6) is 23.0 Å². The molecule has 0 radical (unpaired) electrons. The normalized spacial score (nSPS) is 11.6. The number of aryl methyl sites for hydroxylation is 1. The molecule has 0 saturated heterocycles. The van der Waals surface area contributed by atoms with E-state index in [0.29, 0.717) is 36.0 Å². The van der Waals surface area contributed by atoms with Crippen molar-refractivity contribution in [1.82, 2.24) is 14.9 Å². The van der Waals surface area contributed by atoms with Gasteiger partial charge >= 0.3 is 0 Å². The second-order valence-corrected chi connectivity index (χ2v) is 8.79. The Bertz CT molecular complexity index is 1340. The molecule has 1 unspecified atom stereocenters. The zero-order valence-electron chi connectivity index (χ0n) is 22.3. The van der Waals surface area contributed by atoms with E-state index >= 15 is 0 Å². The van der Waals surface area contributed by atoms with Crippen molar-refractivity contribution >= 4 is 11.6 Å². The molecule has 0 bridgehead atoms. The van der Waals surface area contributed by atoms with Gasteiger partial charge in [0.05, 0.1) is 38.8 Å². The Hall–Kier alpha value is -4.30. The highest BCUT2D eigenvalue weighted by Crippen LogP contribution is 2.30. The summed E-state index contributed by atoms with van der Waals surface area (Å²) in [4.78, 5) is 19.9. The van der Waals surface area contributed by atoms with Gasteiger partial charge in [0.2, 0.25) is 5.91 Å². The van der Waals surface area contributed by atoms with Gasteiger partial charge in [-0.25, -0.2) is 4.98 Å². The summed E-state index contributed by atoms with van der Waals surface area (Å²) in [5, 5.41) is 3.36. The molecule has 1 N–H and O–H groups in total. The first-order valence-electron chi connectivity index (χ1n) is 12.6. The quantitative estimate of drug-likeness (QED) is 0.272. The lowest BCUT2D eigenvalue weighted by Gasteiger charge is -2.28. The van der Waals surface area contributed by atoms with Gasteiger partial charge in [-0.1, -0.05) is 24.3 Å². The maximum Gasteiger partial charge on any atom is 0.244 e. The third-order valence-electron chi connectivity index (χ3n) is 6.30. The molecule has 3 aromatic carbocycles. The molecule has 8 nitrogen and oxygen atoms in total. The third-order valence-corrected chi connectivity index (χ3v) is 6.30. The van der Waals surface area contributed by atoms with Crippen LogP contribution in [0.3, 0.4) is 0 Å². The Labute approximate surface area is 223 Å². The van der Waals surface area contributed by atoms with Gasteiger partial charge in [-0.15, -0.1) is 0 Å². The number of methoxy groups -OCH3 is 2. The predicted molar refractivity (Wildman–Crippen MR) is 148 cm³/mol. The molecule has 0 fully saturated rings. The molecule has 1 aromatic heterocycles. The molecule has 0 aliphatic carbocycles. The van der Waals surface area contributed by atoms with Gasteiger partial charge in [0.25, 0.3) is 0 Å². The average Bonchev–Trinajstić information content (AvgIpc) is 3.42. The number of rotatable bonds is 12. The van der Waals surface area contributed by atoms with Crippen LogP contribution in [0, 0.1) is 0 Å². The largest absolute Gasteiger partial charge is 0.497 e. The van der Waals surface area contributed by atoms with Gasteiger partial charge in [-0.2, -0.15) is 0 Å². The standard InChI is InChI=1S/C30H34N4O4/c1-5-33-21-31-18-25(33)19-32-22(2)30(35)34(20-23-14-15-27(36-3)17-29(23)37-4)24-10-9-13-28(16-24)38-26-11-7-6-8-12-26/h6-18,21-22,32H,5,19-20H2,1-4H3. The van der Waals surface area contributed by atoms with Crippen LogP contribution in [-0.2, 0) is 24.4 Å². The molecular weight excluding hydrogens is 480 g/mol. The summed E-state index contributed by atoms with van der Waals surface area (Å²) in [6.07, 6.45) is 3.61. The first-order chi connectivity index (χ1) is 18.5. The van der Waals surface area contributed by atoms with E-state index in [9.17, 15) is 4.79 Å². The second-order valence-electron chi connectivity index (χ2n) is 8.79. The van der Waals surface area contributed by atoms with Crippen LogP contribution in [0.4, 0.5) is 5.69 Å². The third kappa shape index (κ3) is 6.52. The number of nitrogens with zero attached hydrogens (tertiary/aromatic N) is 3. The molecular formula is C30H34N4O4. The number of benzene rings is 3. The Morgan fingerprint density at radius 2 is 1.76 bits per heavy atom. The lowest BCUT2D eigenvalue weighted by molar-refractivity contribution is -0.120. The molecule has 1 amide bonds. The Morgan fingerprint density at radius 3 is 2.50 bits per heavy atom. The van der Waals surface area contributed by atoms with Crippen molar-refractivity contribution in [2.24, 2.45) is 0 Å². The van der Waals surface area contributed by atoms with Crippen molar-refractivity contribution in [2.45, 2.75) is 39.5 Å². The molecule has 0 spiro atoms. The molecule has 0 aliphatic rings. The second kappa shape index (κ2) is 12.8. The highest BCUT2D eigenvalue weighted by atomic mass is 16.5. The van der Waals surface area contributed by atoms with E-state index in [4.69, 9.17) is 14.2 Å². The van der Waals surface area contributed by atoms with Crippen molar-refractivity contribution in [2.75, 3.05) is 19.1 Å². The number of hydrogen-bond acceptors (Lipinski definition) is 6. The van der Waals surface area contributed by atoms with Gasteiger partial charge in [-0.3, -0.25) is 4.79 Å². The molecule has 38 heavy (non-hydrogen) atoms. The van der Waals surface area contributed by atoms with Crippen LogP contribution in [0.2, 0.25) is 0 Å². The number of ether oxygens (including phenoxy) is 3. The van der Waals surface area contributed by atoms with Crippen LogP contribution >= 0.6 is 0 Å². The minimum Gasteiger partial charge on any atom is -0.497 e. The molecule has 4 rings (SSSR count). The summed E-state index contributed by atoms with van der Waals surface area (Å²) in [6.45, 7) is 5.58. The van der Waals surface area contributed by atoms with Gasteiger partial charge in [-0.05, 0) is 50.2 Å². The molecule has 198 valence electrons. The van der Waals surface area contributed by atoms with Gasteiger partial charge in [0, 0.05) is 42.7 Å². The molecule has 4 aromatic rings. The Kier molecular flexibility index (Phi) is 9.00. The van der Waals surface area contributed by atoms with E-state index in [0.717, 1.165) is 23.6 Å². The topological polar surface area (TPSA) is 77.9 Å². The number of carbonyl (C=O) groups is 1. The summed E-state index contributed by atoms with van der Waals surface area (Å²) >= 11 is 0. The zero-order valence-corrected chi connectivity index (χ0v) is 22.3. The van der Waals surface area contributed by atoms with Crippen molar-refractivity contribution in [3.05, 3.63) is 96.6 Å². The zero-order chi connectivity index (χ0) is 26.9. The smallest absolute Gasteiger partial charge is 0.244 e. The average molecular weight is 515 g/mol. The maximum atomic E-state index is 13.9. The minimum atomic E-state index is -0.460. The van der Waals surface area contributed by atoms with E-state index in [1.807, 2.05) is 85.9 Å². The molecule has 1 atom stereocenters. The number of aromatic nitrogens is 2. The highest BCUT2D eigenvalue weighted by molar-refractivity contribution is 5.97. The highest BCUT2D eigenvalue weighted by Gasteiger charge is 2.24. The van der Waals surface area contributed by atoms with Crippen LogP contribution in [0.15, 0.2) is 85.3 Å². The lowest BCUT2D eigenvalue weighted by atomic mass is 10.1. The fourth-order valence-electron chi connectivity index (χ4n) is 4.15.